The monoisotopic (exact) mass is 373 g/mol. The summed E-state index contributed by atoms with van der Waals surface area (Å²) in [5, 5.41) is 9.60. The van der Waals surface area contributed by atoms with Gasteiger partial charge < -0.3 is 29.0 Å². The molecule has 0 saturated carbocycles. The molecule has 0 radical (unpaired) electrons. The minimum absolute atomic E-state index is 0.414. The Morgan fingerprint density at radius 3 is 2.44 bits per heavy atom. The van der Waals surface area contributed by atoms with Crippen LogP contribution in [0.2, 0.25) is 0 Å². The van der Waals surface area contributed by atoms with Crippen molar-refractivity contribution >= 4 is 5.97 Å². The first kappa shape index (κ1) is 18.8. The zero-order valence-electron chi connectivity index (χ0n) is 15.5. The number of nitrogens with zero attached hydrogens (tertiary/aromatic N) is 1. The third kappa shape index (κ3) is 4.25. The molecular weight excluding hydrogens is 350 g/mol. The summed E-state index contributed by atoms with van der Waals surface area (Å²) >= 11 is 0. The lowest BCUT2D eigenvalue weighted by molar-refractivity contribution is -0.151. The molecule has 3 rings (SSSR count). The first-order chi connectivity index (χ1) is 13.0. The first-order valence-corrected chi connectivity index (χ1v) is 8.60. The number of fused-ring (bicyclic) bond motifs is 1. The summed E-state index contributed by atoms with van der Waals surface area (Å²) in [4.78, 5) is 13.7. The summed E-state index contributed by atoms with van der Waals surface area (Å²) < 4.78 is 22.8. The van der Waals surface area contributed by atoms with Gasteiger partial charge in [0.15, 0.2) is 29.1 Å². The molecule has 0 saturated heterocycles. The van der Waals surface area contributed by atoms with E-state index in [2.05, 4.69) is 0 Å². The topological polar surface area (TPSA) is 77.5 Å². The van der Waals surface area contributed by atoms with Crippen molar-refractivity contribution in [1.29, 1.82) is 0 Å². The Kier molecular flexibility index (Phi) is 5.71. The van der Waals surface area contributed by atoms with Crippen LogP contribution in [0.3, 0.4) is 0 Å². The summed E-state index contributed by atoms with van der Waals surface area (Å²) in [5.74, 6) is 0.924. The second-order valence-corrected chi connectivity index (χ2v) is 6.42. The van der Waals surface area contributed by atoms with E-state index in [1.807, 2.05) is 25.1 Å². The highest BCUT2D eigenvalue weighted by Crippen LogP contribution is 2.41. The number of ether oxygens (including phenoxy) is 4. The molecule has 0 fully saturated rings. The Bertz CT molecular complexity index is 807. The van der Waals surface area contributed by atoms with Crippen molar-refractivity contribution in [3.8, 4) is 23.0 Å². The zero-order chi connectivity index (χ0) is 19.4. The van der Waals surface area contributed by atoms with E-state index in [1.165, 1.54) is 0 Å². The van der Waals surface area contributed by atoms with E-state index in [9.17, 15) is 9.90 Å². The Labute approximate surface area is 158 Å². The number of hydrogen-bond acceptors (Lipinski definition) is 6. The van der Waals surface area contributed by atoms with Crippen molar-refractivity contribution in [3.05, 3.63) is 48.0 Å². The fraction of sp³-hybridized carbons (Fsp3) is 0.350. The van der Waals surface area contributed by atoms with Gasteiger partial charge in [-0.25, -0.2) is 4.79 Å². The first-order valence-electron chi connectivity index (χ1n) is 8.60. The molecule has 1 N–H and O–H groups in total. The lowest BCUT2D eigenvalue weighted by Crippen LogP contribution is -2.39. The number of para-hydroxylation sites is 2. The lowest BCUT2D eigenvalue weighted by atomic mass is 10.0. The highest BCUT2D eigenvalue weighted by Gasteiger charge is 2.38. The van der Waals surface area contributed by atoms with Gasteiger partial charge in [0.2, 0.25) is 6.10 Å². The largest absolute Gasteiger partial charge is 0.493 e. The van der Waals surface area contributed by atoms with Gasteiger partial charge in [-0.2, -0.15) is 0 Å². The normalized spacial score (nSPS) is 18.2. The van der Waals surface area contributed by atoms with E-state index in [1.54, 1.807) is 43.5 Å². The molecule has 27 heavy (non-hydrogen) atoms. The van der Waals surface area contributed by atoms with Crippen molar-refractivity contribution in [1.82, 2.24) is 4.90 Å². The maximum absolute atomic E-state index is 11.7. The Hall–Kier alpha value is -2.93. The van der Waals surface area contributed by atoms with E-state index in [0.717, 1.165) is 6.54 Å². The van der Waals surface area contributed by atoms with Gasteiger partial charge in [-0.1, -0.05) is 18.2 Å². The Morgan fingerprint density at radius 1 is 1.11 bits per heavy atom. The predicted octanol–water partition coefficient (Wildman–Crippen LogP) is 2.60. The summed E-state index contributed by atoms with van der Waals surface area (Å²) in [7, 11) is 5.47. The third-order valence-electron chi connectivity index (χ3n) is 4.19. The number of carboxylic acids is 1. The van der Waals surface area contributed by atoms with E-state index < -0.39 is 18.2 Å². The average Bonchev–Trinajstić information content (AvgIpc) is 2.66. The molecule has 7 heteroatoms. The van der Waals surface area contributed by atoms with Crippen LogP contribution in [0.15, 0.2) is 42.5 Å². The molecular formula is C20H23NO6. The van der Waals surface area contributed by atoms with Crippen molar-refractivity contribution in [3.63, 3.8) is 0 Å². The van der Waals surface area contributed by atoms with Crippen molar-refractivity contribution in [2.45, 2.75) is 12.2 Å². The van der Waals surface area contributed by atoms with Crippen molar-refractivity contribution in [2.75, 3.05) is 34.4 Å². The molecule has 1 heterocycles. The molecule has 1 aliphatic rings. The number of rotatable bonds is 7. The number of carboxylic acid groups (broad SMARTS) is 1. The molecule has 144 valence electrons. The molecule has 2 aromatic rings. The predicted molar refractivity (Wildman–Crippen MR) is 98.9 cm³/mol. The van der Waals surface area contributed by atoms with Crippen LogP contribution in [0.5, 0.6) is 23.0 Å². The lowest BCUT2D eigenvalue weighted by Gasteiger charge is -2.32. The van der Waals surface area contributed by atoms with Gasteiger partial charge in [0, 0.05) is 12.1 Å². The van der Waals surface area contributed by atoms with Gasteiger partial charge in [-0.3, -0.25) is 0 Å². The van der Waals surface area contributed by atoms with Crippen LogP contribution in [0.1, 0.15) is 11.7 Å². The molecule has 0 aliphatic carbocycles. The second-order valence-electron chi connectivity index (χ2n) is 6.42. The number of methoxy groups -OCH3 is 1. The average molecular weight is 373 g/mol. The van der Waals surface area contributed by atoms with Gasteiger partial charge in [-0.05, 0) is 38.4 Å². The van der Waals surface area contributed by atoms with Crippen LogP contribution < -0.4 is 18.9 Å². The SMILES string of the molecule is COc1ccc(C2Oc3ccccc3OC2C(=O)O)cc1OCCN(C)C. The standard InChI is InChI=1S/C20H23NO6/c1-21(2)10-11-25-17-12-13(8-9-14(17)24-3)18-19(20(22)23)27-16-7-5-4-6-15(16)26-18/h4-9,12,18-19H,10-11H2,1-3H3,(H,22,23). The van der Waals surface area contributed by atoms with E-state index in [0.29, 0.717) is 35.2 Å². The van der Waals surface area contributed by atoms with Crippen LogP contribution in [-0.2, 0) is 4.79 Å². The second kappa shape index (κ2) is 8.18. The van der Waals surface area contributed by atoms with E-state index in [4.69, 9.17) is 18.9 Å². The van der Waals surface area contributed by atoms with E-state index >= 15 is 0 Å². The highest BCUT2D eigenvalue weighted by atomic mass is 16.6. The number of likely N-dealkylation sites (N-methyl/N-ethyl adjacent to an activating group) is 1. The van der Waals surface area contributed by atoms with Gasteiger partial charge in [-0.15, -0.1) is 0 Å². The van der Waals surface area contributed by atoms with Gasteiger partial charge in [0.1, 0.15) is 6.61 Å². The van der Waals surface area contributed by atoms with Crippen LogP contribution in [0, 0.1) is 0 Å². The quantitative estimate of drug-likeness (QED) is 0.799. The van der Waals surface area contributed by atoms with Crippen molar-refractivity contribution in [2.24, 2.45) is 0 Å². The fourth-order valence-electron chi connectivity index (χ4n) is 2.79. The van der Waals surface area contributed by atoms with Gasteiger partial charge in [0.05, 0.1) is 7.11 Å². The van der Waals surface area contributed by atoms with Crippen LogP contribution in [-0.4, -0.2) is 56.4 Å². The molecule has 0 spiro atoms. The Morgan fingerprint density at radius 2 is 1.81 bits per heavy atom. The minimum Gasteiger partial charge on any atom is -0.493 e. The number of hydrogen-bond donors (Lipinski definition) is 1. The zero-order valence-corrected chi connectivity index (χ0v) is 15.5. The van der Waals surface area contributed by atoms with Crippen LogP contribution in [0.25, 0.3) is 0 Å². The fourth-order valence-corrected chi connectivity index (χ4v) is 2.79. The number of carbonyl (C=O) groups is 1. The highest BCUT2D eigenvalue weighted by molar-refractivity contribution is 5.75. The summed E-state index contributed by atoms with van der Waals surface area (Å²) in [6.45, 7) is 1.21. The molecule has 1 aliphatic heterocycles. The Balaban J connectivity index is 1.90. The number of benzene rings is 2. The maximum atomic E-state index is 11.7. The third-order valence-corrected chi connectivity index (χ3v) is 4.19. The molecule has 0 aromatic heterocycles. The minimum atomic E-state index is -1.16. The summed E-state index contributed by atoms with van der Waals surface area (Å²) in [6, 6.07) is 12.3. The van der Waals surface area contributed by atoms with Crippen LogP contribution in [0.4, 0.5) is 0 Å². The van der Waals surface area contributed by atoms with Crippen molar-refractivity contribution < 1.29 is 28.8 Å². The van der Waals surface area contributed by atoms with Crippen LogP contribution >= 0.6 is 0 Å². The van der Waals surface area contributed by atoms with Gasteiger partial charge in [0.25, 0.3) is 0 Å². The molecule has 2 unspecified atom stereocenters. The van der Waals surface area contributed by atoms with Gasteiger partial charge >= 0.3 is 5.97 Å². The molecule has 2 atom stereocenters. The van der Waals surface area contributed by atoms with E-state index in [-0.39, 0.29) is 0 Å². The number of aliphatic carboxylic acids is 1. The smallest absolute Gasteiger partial charge is 0.349 e. The molecule has 2 aromatic carbocycles. The summed E-state index contributed by atoms with van der Waals surface area (Å²) in [6.07, 6.45) is -1.97. The molecule has 7 nitrogen and oxygen atoms in total. The summed E-state index contributed by atoms with van der Waals surface area (Å²) in [5.41, 5.74) is 0.637. The molecule has 0 bridgehead atoms. The maximum Gasteiger partial charge on any atom is 0.349 e. The molecule has 0 amide bonds.